The first-order chi connectivity index (χ1) is 5.86. The molecule has 0 unspecified atom stereocenters. The maximum absolute atomic E-state index is 11.7. The zero-order chi connectivity index (χ0) is 8.81. The van der Waals surface area contributed by atoms with Crippen LogP contribution in [0.3, 0.4) is 0 Å². The van der Waals surface area contributed by atoms with Crippen LogP contribution in [0.5, 0.6) is 0 Å². The number of rotatable bonds is 3. The van der Waals surface area contributed by atoms with Gasteiger partial charge in [-0.25, -0.2) is 4.39 Å². The Hall–Kier alpha value is -1.56. The van der Waals surface area contributed by atoms with Gasteiger partial charge in [0.25, 0.3) is 0 Å². The second kappa shape index (κ2) is 4.35. The molecule has 0 fully saturated rings. The minimum atomic E-state index is -0.406. The van der Waals surface area contributed by atoms with Gasteiger partial charge in [0.15, 0.2) is 0 Å². The van der Waals surface area contributed by atoms with E-state index in [0.29, 0.717) is 5.56 Å². The van der Waals surface area contributed by atoms with E-state index in [1.807, 2.05) is 6.07 Å². The number of halogens is 1. The lowest BCUT2D eigenvalue weighted by Gasteiger charge is -2.02. The molecule has 0 aliphatic carbocycles. The number of alkyl halides is 1. The van der Waals surface area contributed by atoms with Crippen molar-refractivity contribution in [2.24, 2.45) is 0 Å². The molecule has 12 heavy (non-hydrogen) atoms. The molecule has 3 heteroatoms. The molecular weight excluding hydrogens is 155 g/mol. The smallest absolute Gasteiger partial charge is 0.107 e. The monoisotopic (exact) mass is 164 g/mol. The average molecular weight is 164 g/mol. The highest BCUT2D eigenvalue weighted by molar-refractivity contribution is 5.48. The summed E-state index contributed by atoms with van der Waals surface area (Å²) in [6.45, 7) is -0.119. The Kier molecular flexibility index (Phi) is 3.09. The fourth-order valence-electron chi connectivity index (χ4n) is 0.890. The van der Waals surface area contributed by atoms with Crippen molar-refractivity contribution in [2.75, 3.05) is 18.5 Å². The Morgan fingerprint density at radius 1 is 1.50 bits per heavy atom. The van der Waals surface area contributed by atoms with Crippen LogP contribution in [0.25, 0.3) is 0 Å². The van der Waals surface area contributed by atoms with Crippen molar-refractivity contribution in [3.63, 3.8) is 0 Å². The first-order valence-corrected chi connectivity index (χ1v) is 3.67. The van der Waals surface area contributed by atoms with E-state index in [4.69, 9.17) is 5.26 Å². The number of anilines is 1. The normalized spacial score (nSPS) is 9.00. The highest BCUT2D eigenvalue weighted by Crippen LogP contribution is 2.08. The van der Waals surface area contributed by atoms with Gasteiger partial charge in [0, 0.05) is 12.2 Å². The fraction of sp³-hybridized carbons (Fsp3) is 0.222. The number of hydrogen-bond donors (Lipinski definition) is 1. The Morgan fingerprint density at radius 3 is 3.00 bits per heavy atom. The average Bonchev–Trinajstić information content (AvgIpc) is 2.15. The van der Waals surface area contributed by atoms with Crippen LogP contribution in [0, 0.1) is 11.3 Å². The quantitative estimate of drug-likeness (QED) is 0.741. The molecule has 1 aromatic carbocycles. The summed E-state index contributed by atoms with van der Waals surface area (Å²) in [5.41, 5.74) is 1.37. The van der Waals surface area contributed by atoms with Crippen molar-refractivity contribution in [1.82, 2.24) is 0 Å². The minimum Gasteiger partial charge on any atom is -0.382 e. The van der Waals surface area contributed by atoms with Crippen LogP contribution in [0.15, 0.2) is 24.3 Å². The van der Waals surface area contributed by atoms with Crippen molar-refractivity contribution in [3.8, 4) is 6.07 Å². The maximum Gasteiger partial charge on any atom is 0.107 e. The van der Waals surface area contributed by atoms with Gasteiger partial charge in [0.2, 0.25) is 0 Å². The molecule has 0 heterocycles. The van der Waals surface area contributed by atoms with Gasteiger partial charge >= 0.3 is 0 Å². The number of hydrogen-bond acceptors (Lipinski definition) is 2. The van der Waals surface area contributed by atoms with Gasteiger partial charge in [-0.1, -0.05) is 6.07 Å². The van der Waals surface area contributed by atoms with E-state index in [1.165, 1.54) is 0 Å². The molecule has 1 rings (SSSR count). The summed E-state index contributed by atoms with van der Waals surface area (Å²) in [5, 5.41) is 11.4. The van der Waals surface area contributed by atoms with Gasteiger partial charge in [-0.05, 0) is 18.2 Å². The van der Waals surface area contributed by atoms with E-state index in [1.54, 1.807) is 24.3 Å². The molecule has 1 N–H and O–H groups in total. The number of nitrogens with one attached hydrogen (secondary N) is 1. The largest absolute Gasteiger partial charge is 0.382 e. The molecular formula is C9H9FN2. The number of benzene rings is 1. The van der Waals surface area contributed by atoms with Crippen molar-refractivity contribution >= 4 is 5.69 Å². The molecule has 0 aliphatic rings. The van der Waals surface area contributed by atoms with E-state index in [0.717, 1.165) is 5.69 Å². The Labute approximate surface area is 70.6 Å². The first-order valence-electron chi connectivity index (χ1n) is 3.67. The summed E-state index contributed by atoms with van der Waals surface area (Å²) in [6.07, 6.45) is 0. The third kappa shape index (κ3) is 2.24. The molecule has 0 saturated heterocycles. The zero-order valence-corrected chi connectivity index (χ0v) is 6.55. The van der Waals surface area contributed by atoms with Crippen molar-refractivity contribution in [2.45, 2.75) is 0 Å². The van der Waals surface area contributed by atoms with Crippen molar-refractivity contribution in [3.05, 3.63) is 29.8 Å². The highest BCUT2D eigenvalue weighted by atomic mass is 19.1. The molecule has 0 aromatic heterocycles. The first kappa shape index (κ1) is 8.54. The molecule has 0 aliphatic heterocycles. The molecule has 0 amide bonds. The molecule has 0 atom stereocenters. The topological polar surface area (TPSA) is 35.8 Å². The molecule has 1 aromatic rings. The lowest BCUT2D eigenvalue weighted by Crippen LogP contribution is -2.02. The van der Waals surface area contributed by atoms with E-state index in [-0.39, 0.29) is 6.54 Å². The molecule has 0 saturated carbocycles. The van der Waals surface area contributed by atoms with Crippen LogP contribution < -0.4 is 5.32 Å². The lowest BCUT2D eigenvalue weighted by atomic mass is 10.2. The lowest BCUT2D eigenvalue weighted by molar-refractivity contribution is 0.513. The standard InChI is InChI=1S/C9H9FN2/c10-4-5-12-9-3-1-2-8(6-9)7-11/h1-3,6,12H,4-5H2. The van der Waals surface area contributed by atoms with E-state index >= 15 is 0 Å². The van der Waals surface area contributed by atoms with Crippen molar-refractivity contribution in [1.29, 1.82) is 5.26 Å². The van der Waals surface area contributed by atoms with E-state index < -0.39 is 6.67 Å². The predicted octanol–water partition coefficient (Wildman–Crippen LogP) is 1.94. The number of nitriles is 1. The summed E-state index contributed by atoms with van der Waals surface area (Å²) in [7, 11) is 0. The summed E-state index contributed by atoms with van der Waals surface area (Å²) in [6, 6.07) is 8.97. The van der Waals surface area contributed by atoms with Gasteiger partial charge < -0.3 is 5.32 Å². The summed E-state index contributed by atoms with van der Waals surface area (Å²) < 4.78 is 11.7. The van der Waals surface area contributed by atoms with Gasteiger partial charge in [-0.3, -0.25) is 0 Å². The van der Waals surface area contributed by atoms with Gasteiger partial charge in [-0.2, -0.15) is 5.26 Å². The van der Waals surface area contributed by atoms with Gasteiger partial charge in [0.1, 0.15) is 6.67 Å². The predicted molar refractivity (Wildman–Crippen MR) is 45.6 cm³/mol. The number of nitrogens with zero attached hydrogens (tertiary/aromatic N) is 1. The molecule has 62 valence electrons. The third-order valence-corrected chi connectivity index (χ3v) is 1.42. The minimum absolute atomic E-state index is 0.287. The van der Waals surface area contributed by atoms with E-state index in [2.05, 4.69) is 5.32 Å². The summed E-state index contributed by atoms with van der Waals surface area (Å²) in [5.74, 6) is 0. The van der Waals surface area contributed by atoms with Crippen LogP contribution in [-0.4, -0.2) is 13.2 Å². The van der Waals surface area contributed by atoms with Crippen molar-refractivity contribution < 1.29 is 4.39 Å². The van der Waals surface area contributed by atoms with E-state index in [9.17, 15) is 4.39 Å². The second-order valence-electron chi connectivity index (χ2n) is 2.31. The van der Waals surface area contributed by atoms with Crippen LogP contribution in [-0.2, 0) is 0 Å². The molecule has 0 spiro atoms. The Bertz CT molecular complexity index is 291. The Morgan fingerprint density at radius 2 is 2.33 bits per heavy atom. The summed E-state index contributed by atoms with van der Waals surface area (Å²) >= 11 is 0. The molecule has 2 nitrogen and oxygen atoms in total. The SMILES string of the molecule is N#Cc1cccc(NCCF)c1. The Balaban J connectivity index is 2.68. The van der Waals surface area contributed by atoms with Gasteiger partial charge in [-0.15, -0.1) is 0 Å². The fourth-order valence-corrected chi connectivity index (χ4v) is 0.890. The van der Waals surface area contributed by atoms with Crippen LogP contribution in [0.4, 0.5) is 10.1 Å². The maximum atomic E-state index is 11.7. The second-order valence-corrected chi connectivity index (χ2v) is 2.31. The van der Waals surface area contributed by atoms with Crippen LogP contribution in [0.1, 0.15) is 5.56 Å². The van der Waals surface area contributed by atoms with Crippen LogP contribution in [0.2, 0.25) is 0 Å². The highest BCUT2D eigenvalue weighted by Gasteiger charge is 1.92. The van der Waals surface area contributed by atoms with Crippen LogP contribution >= 0.6 is 0 Å². The zero-order valence-electron chi connectivity index (χ0n) is 6.55. The van der Waals surface area contributed by atoms with Gasteiger partial charge in [0.05, 0.1) is 11.6 Å². The summed E-state index contributed by atoms with van der Waals surface area (Å²) in [4.78, 5) is 0. The third-order valence-electron chi connectivity index (χ3n) is 1.42. The molecule has 0 bridgehead atoms. The molecule has 0 radical (unpaired) electrons.